The minimum Gasteiger partial charge on any atom is -0.392 e. The van der Waals surface area contributed by atoms with Crippen LogP contribution in [0.4, 0.5) is 0 Å². The van der Waals surface area contributed by atoms with E-state index in [4.69, 9.17) is 4.74 Å². The molecule has 1 N–H and O–H groups in total. The zero-order chi connectivity index (χ0) is 9.84. The van der Waals surface area contributed by atoms with Crippen LogP contribution >= 0.6 is 0 Å². The molecule has 0 amide bonds. The second kappa shape index (κ2) is 4.94. The largest absolute Gasteiger partial charge is 0.392 e. The Hall–Kier alpha value is -0.120. The van der Waals surface area contributed by atoms with E-state index in [2.05, 4.69) is 4.90 Å². The van der Waals surface area contributed by atoms with E-state index in [0.717, 1.165) is 19.6 Å². The molecule has 3 atom stereocenters. The van der Waals surface area contributed by atoms with Crippen molar-refractivity contribution in [3.8, 4) is 0 Å². The molecule has 0 aromatic rings. The van der Waals surface area contributed by atoms with Crippen LogP contribution in [0.25, 0.3) is 0 Å². The third kappa shape index (κ3) is 3.25. The Morgan fingerprint density at radius 2 is 2.23 bits per heavy atom. The van der Waals surface area contributed by atoms with Crippen LogP contribution in [0.3, 0.4) is 0 Å². The van der Waals surface area contributed by atoms with Gasteiger partial charge < -0.3 is 9.84 Å². The molecule has 1 saturated heterocycles. The van der Waals surface area contributed by atoms with Crippen molar-refractivity contribution >= 4 is 0 Å². The summed E-state index contributed by atoms with van der Waals surface area (Å²) in [7, 11) is 2.04. The summed E-state index contributed by atoms with van der Waals surface area (Å²) in [6, 6.07) is 0.212. The van der Waals surface area contributed by atoms with E-state index >= 15 is 0 Å². The van der Waals surface area contributed by atoms with Gasteiger partial charge in [-0.1, -0.05) is 0 Å². The van der Waals surface area contributed by atoms with Gasteiger partial charge in [0.25, 0.3) is 0 Å². The fourth-order valence-corrected chi connectivity index (χ4v) is 1.64. The number of hydrogen-bond acceptors (Lipinski definition) is 3. The molecule has 13 heavy (non-hydrogen) atoms. The number of aliphatic hydroxyl groups is 1. The van der Waals surface area contributed by atoms with Crippen molar-refractivity contribution in [2.75, 3.05) is 20.2 Å². The molecule has 0 aliphatic carbocycles. The monoisotopic (exact) mass is 187 g/mol. The van der Waals surface area contributed by atoms with Gasteiger partial charge in [0.15, 0.2) is 0 Å². The summed E-state index contributed by atoms with van der Waals surface area (Å²) < 4.78 is 5.53. The van der Waals surface area contributed by atoms with Gasteiger partial charge >= 0.3 is 0 Å². The van der Waals surface area contributed by atoms with Gasteiger partial charge in [0.05, 0.1) is 12.2 Å². The molecular weight excluding hydrogens is 166 g/mol. The zero-order valence-corrected chi connectivity index (χ0v) is 8.86. The van der Waals surface area contributed by atoms with E-state index in [1.54, 1.807) is 0 Å². The van der Waals surface area contributed by atoms with Crippen molar-refractivity contribution in [1.29, 1.82) is 0 Å². The van der Waals surface area contributed by atoms with E-state index in [0.29, 0.717) is 6.10 Å². The van der Waals surface area contributed by atoms with Gasteiger partial charge in [0.1, 0.15) is 0 Å². The predicted molar refractivity (Wildman–Crippen MR) is 52.7 cm³/mol. The van der Waals surface area contributed by atoms with E-state index in [1.807, 2.05) is 20.9 Å². The molecule has 3 unspecified atom stereocenters. The lowest BCUT2D eigenvalue weighted by Crippen LogP contribution is -2.41. The molecule has 1 heterocycles. The molecule has 0 spiro atoms. The smallest absolute Gasteiger partial charge is 0.0702 e. The number of likely N-dealkylation sites (N-methyl/N-ethyl adjacent to an activating group) is 1. The van der Waals surface area contributed by atoms with Crippen molar-refractivity contribution in [2.45, 2.75) is 44.9 Å². The van der Waals surface area contributed by atoms with E-state index in [1.165, 1.54) is 6.42 Å². The van der Waals surface area contributed by atoms with Crippen molar-refractivity contribution in [2.24, 2.45) is 0 Å². The highest BCUT2D eigenvalue weighted by Gasteiger charge is 2.21. The minimum absolute atomic E-state index is 0.212. The van der Waals surface area contributed by atoms with Crippen molar-refractivity contribution in [3.63, 3.8) is 0 Å². The Morgan fingerprint density at radius 1 is 1.54 bits per heavy atom. The fraction of sp³-hybridized carbons (Fsp3) is 1.00. The van der Waals surface area contributed by atoms with Crippen LogP contribution in [0.15, 0.2) is 0 Å². The maximum Gasteiger partial charge on any atom is 0.0702 e. The molecule has 1 aliphatic heterocycles. The highest BCUT2D eigenvalue weighted by atomic mass is 16.5. The first-order chi connectivity index (χ1) is 6.11. The van der Waals surface area contributed by atoms with Gasteiger partial charge in [-0.15, -0.1) is 0 Å². The van der Waals surface area contributed by atoms with Crippen LogP contribution in [0.5, 0.6) is 0 Å². The molecule has 1 aliphatic rings. The normalized spacial score (nSPS) is 27.9. The average molecular weight is 187 g/mol. The molecule has 3 heteroatoms. The van der Waals surface area contributed by atoms with Crippen LogP contribution in [0.2, 0.25) is 0 Å². The standard InChI is InChI=1S/C10H21NO2/c1-8(9(2)12)11(3)7-10-5-4-6-13-10/h8-10,12H,4-7H2,1-3H3. The Morgan fingerprint density at radius 3 is 2.69 bits per heavy atom. The summed E-state index contributed by atoms with van der Waals surface area (Å²) in [6.07, 6.45) is 2.45. The summed E-state index contributed by atoms with van der Waals surface area (Å²) in [5, 5.41) is 9.38. The molecule has 0 bridgehead atoms. The van der Waals surface area contributed by atoms with Crippen LogP contribution in [0.1, 0.15) is 26.7 Å². The number of hydrogen-bond donors (Lipinski definition) is 1. The number of ether oxygens (including phenoxy) is 1. The van der Waals surface area contributed by atoms with E-state index < -0.39 is 0 Å². The van der Waals surface area contributed by atoms with Gasteiger partial charge in [-0.2, -0.15) is 0 Å². The Labute approximate surface area is 80.7 Å². The number of nitrogens with zero attached hydrogens (tertiary/aromatic N) is 1. The molecular formula is C10H21NO2. The molecule has 0 radical (unpaired) electrons. The first-order valence-electron chi connectivity index (χ1n) is 5.11. The third-order valence-corrected chi connectivity index (χ3v) is 2.91. The summed E-state index contributed by atoms with van der Waals surface area (Å²) in [5.74, 6) is 0. The van der Waals surface area contributed by atoms with Gasteiger partial charge in [0, 0.05) is 19.2 Å². The zero-order valence-electron chi connectivity index (χ0n) is 8.86. The molecule has 1 rings (SSSR count). The second-order valence-corrected chi connectivity index (χ2v) is 4.06. The van der Waals surface area contributed by atoms with Crippen molar-refractivity contribution in [3.05, 3.63) is 0 Å². The third-order valence-electron chi connectivity index (χ3n) is 2.91. The summed E-state index contributed by atoms with van der Waals surface area (Å²) in [4.78, 5) is 2.17. The Kier molecular flexibility index (Phi) is 4.16. The maximum atomic E-state index is 9.38. The lowest BCUT2D eigenvalue weighted by atomic mass is 10.1. The van der Waals surface area contributed by atoms with Crippen LogP contribution in [0, 0.1) is 0 Å². The van der Waals surface area contributed by atoms with Gasteiger partial charge in [-0.05, 0) is 33.7 Å². The van der Waals surface area contributed by atoms with Gasteiger partial charge in [-0.25, -0.2) is 0 Å². The number of rotatable bonds is 4. The van der Waals surface area contributed by atoms with Crippen molar-refractivity contribution < 1.29 is 9.84 Å². The summed E-state index contributed by atoms with van der Waals surface area (Å²) >= 11 is 0. The second-order valence-electron chi connectivity index (χ2n) is 4.06. The lowest BCUT2D eigenvalue weighted by Gasteiger charge is -2.28. The van der Waals surface area contributed by atoms with Crippen molar-refractivity contribution in [1.82, 2.24) is 4.90 Å². The van der Waals surface area contributed by atoms with Crippen LogP contribution < -0.4 is 0 Å². The fourth-order valence-electron chi connectivity index (χ4n) is 1.64. The molecule has 0 aromatic carbocycles. The first kappa shape index (κ1) is 11.0. The summed E-state index contributed by atoms with van der Waals surface area (Å²) in [5.41, 5.74) is 0. The average Bonchev–Trinajstić information content (AvgIpc) is 2.55. The molecule has 3 nitrogen and oxygen atoms in total. The number of aliphatic hydroxyl groups excluding tert-OH is 1. The lowest BCUT2D eigenvalue weighted by molar-refractivity contribution is 0.0365. The van der Waals surface area contributed by atoms with E-state index in [-0.39, 0.29) is 12.1 Å². The minimum atomic E-state index is -0.272. The summed E-state index contributed by atoms with van der Waals surface area (Å²) in [6.45, 7) is 5.71. The molecule has 0 saturated carbocycles. The van der Waals surface area contributed by atoms with Crippen LogP contribution in [-0.2, 0) is 4.74 Å². The van der Waals surface area contributed by atoms with E-state index in [9.17, 15) is 5.11 Å². The Balaban J connectivity index is 2.26. The maximum absolute atomic E-state index is 9.38. The Bertz CT molecular complexity index is 144. The molecule has 78 valence electrons. The van der Waals surface area contributed by atoms with Gasteiger partial charge in [0.2, 0.25) is 0 Å². The van der Waals surface area contributed by atoms with Gasteiger partial charge in [-0.3, -0.25) is 4.90 Å². The highest BCUT2D eigenvalue weighted by Crippen LogP contribution is 2.14. The highest BCUT2D eigenvalue weighted by molar-refractivity contribution is 4.74. The SMILES string of the molecule is CC(O)C(C)N(C)CC1CCCO1. The predicted octanol–water partition coefficient (Wildman–Crippen LogP) is 0.866. The molecule has 0 aromatic heterocycles. The quantitative estimate of drug-likeness (QED) is 0.708. The first-order valence-corrected chi connectivity index (χ1v) is 5.11. The van der Waals surface area contributed by atoms with Crippen LogP contribution in [-0.4, -0.2) is 48.5 Å². The topological polar surface area (TPSA) is 32.7 Å². The molecule has 1 fully saturated rings.